The van der Waals surface area contributed by atoms with Gasteiger partial charge in [-0.05, 0) is 24.6 Å². The Morgan fingerprint density at radius 1 is 1.31 bits per heavy atom. The quantitative estimate of drug-likeness (QED) is 0.599. The number of benzene rings is 1. The molecule has 1 unspecified atom stereocenters. The van der Waals surface area contributed by atoms with Crippen LogP contribution in [0.2, 0.25) is 0 Å². The van der Waals surface area contributed by atoms with Crippen molar-refractivity contribution in [2.24, 2.45) is 0 Å². The van der Waals surface area contributed by atoms with E-state index in [9.17, 15) is 8.78 Å². The van der Waals surface area contributed by atoms with Gasteiger partial charge in [0, 0.05) is 10.8 Å². The summed E-state index contributed by atoms with van der Waals surface area (Å²) in [4.78, 5) is 0. The molecule has 1 atom stereocenters. The molecule has 0 radical (unpaired) electrons. The molecule has 0 aromatic heterocycles. The molecule has 0 heterocycles. The topological polar surface area (TPSA) is 9.23 Å². The molecule has 1 aromatic carbocycles. The molecule has 88 valence electrons. The molecule has 16 heavy (non-hydrogen) atoms. The van der Waals surface area contributed by atoms with Gasteiger partial charge < -0.3 is 4.74 Å². The van der Waals surface area contributed by atoms with E-state index in [1.165, 1.54) is 0 Å². The standard InChI is InChI=1S/C12H13F2IO/c1-2-16-10-5-3-9(4-6-10)11(8-15)7-12(11,13)14/h3-6H,2,7-8H2,1H3. The van der Waals surface area contributed by atoms with Gasteiger partial charge in [0.2, 0.25) is 0 Å². The van der Waals surface area contributed by atoms with Gasteiger partial charge in [0.1, 0.15) is 5.75 Å². The van der Waals surface area contributed by atoms with E-state index in [1.807, 2.05) is 29.5 Å². The lowest BCUT2D eigenvalue weighted by Crippen LogP contribution is -2.17. The fourth-order valence-corrected chi connectivity index (χ4v) is 3.18. The summed E-state index contributed by atoms with van der Waals surface area (Å²) in [6.45, 7) is 2.49. The van der Waals surface area contributed by atoms with E-state index in [1.54, 1.807) is 24.3 Å². The molecule has 0 amide bonds. The zero-order chi connectivity index (χ0) is 11.8. The molecule has 1 fully saturated rings. The average molecular weight is 338 g/mol. The molecule has 1 saturated carbocycles. The van der Waals surface area contributed by atoms with E-state index in [4.69, 9.17) is 4.74 Å². The van der Waals surface area contributed by atoms with Crippen LogP contribution in [-0.4, -0.2) is 17.0 Å². The predicted octanol–water partition coefficient (Wildman–Crippen LogP) is 3.80. The molecule has 1 nitrogen and oxygen atoms in total. The first-order valence-electron chi connectivity index (χ1n) is 5.23. The van der Waals surface area contributed by atoms with Crippen LogP contribution in [-0.2, 0) is 5.41 Å². The highest BCUT2D eigenvalue weighted by molar-refractivity contribution is 14.1. The largest absolute Gasteiger partial charge is 0.494 e. The van der Waals surface area contributed by atoms with Crippen molar-refractivity contribution in [2.45, 2.75) is 24.7 Å². The maximum atomic E-state index is 13.4. The van der Waals surface area contributed by atoms with Crippen LogP contribution in [0.4, 0.5) is 8.78 Å². The van der Waals surface area contributed by atoms with Gasteiger partial charge >= 0.3 is 0 Å². The Bertz CT molecular complexity index is 377. The highest BCUT2D eigenvalue weighted by Crippen LogP contribution is 2.62. The molecule has 1 aliphatic rings. The highest BCUT2D eigenvalue weighted by Gasteiger charge is 2.71. The van der Waals surface area contributed by atoms with Crippen molar-refractivity contribution in [1.29, 1.82) is 0 Å². The summed E-state index contributed by atoms with van der Waals surface area (Å²) in [5, 5.41) is 0. The Morgan fingerprint density at radius 3 is 2.25 bits per heavy atom. The Morgan fingerprint density at radius 2 is 1.88 bits per heavy atom. The van der Waals surface area contributed by atoms with Crippen molar-refractivity contribution in [3.8, 4) is 5.75 Å². The Labute approximate surface area is 107 Å². The second-order valence-electron chi connectivity index (χ2n) is 4.05. The average Bonchev–Trinajstić information content (AvgIpc) is 2.84. The predicted molar refractivity (Wildman–Crippen MR) is 67.7 cm³/mol. The molecule has 1 aromatic rings. The lowest BCUT2D eigenvalue weighted by Gasteiger charge is -2.14. The fraction of sp³-hybridized carbons (Fsp3) is 0.500. The highest BCUT2D eigenvalue weighted by atomic mass is 127. The summed E-state index contributed by atoms with van der Waals surface area (Å²) in [6, 6.07) is 7.04. The first-order valence-corrected chi connectivity index (χ1v) is 6.75. The van der Waals surface area contributed by atoms with Gasteiger partial charge in [0.05, 0.1) is 12.0 Å². The second kappa shape index (κ2) is 4.13. The number of hydrogen-bond acceptors (Lipinski definition) is 1. The van der Waals surface area contributed by atoms with Gasteiger partial charge in [-0.1, -0.05) is 34.7 Å². The Balaban J connectivity index is 2.22. The lowest BCUT2D eigenvalue weighted by molar-refractivity contribution is 0.0937. The van der Waals surface area contributed by atoms with Gasteiger partial charge in [-0.15, -0.1) is 0 Å². The maximum absolute atomic E-state index is 13.4. The zero-order valence-electron chi connectivity index (χ0n) is 8.97. The number of alkyl halides is 3. The molecule has 4 heteroatoms. The third-order valence-corrected chi connectivity index (χ3v) is 4.35. The van der Waals surface area contributed by atoms with Crippen molar-refractivity contribution in [2.75, 3.05) is 11.0 Å². The molecule has 0 aliphatic heterocycles. The first-order chi connectivity index (χ1) is 7.55. The van der Waals surface area contributed by atoms with Crippen molar-refractivity contribution in [3.05, 3.63) is 29.8 Å². The second-order valence-corrected chi connectivity index (χ2v) is 4.82. The van der Waals surface area contributed by atoms with Crippen molar-refractivity contribution < 1.29 is 13.5 Å². The third-order valence-electron chi connectivity index (χ3n) is 3.04. The Hall–Kier alpha value is -0.390. The van der Waals surface area contributed by atoms with E-state index in [0.717, 1.165) is 11.3 Å². The molecule has 1 aliphatic carbocycles. The molecule has 2 rings (SSSR count). The monoisotopic (exact) mass is 338 g/mol. The summed E-state index contributed by atoms with van der Waals surface area (Å²) < 4.78 is 32.4. The van der Waals surface area contributed by atoms with Crippen molar-refractivity contribution >= 4 is 22.6 Å². The zero-order valence-corrected chi connectivity index (χ0v) is 11.1. The van der Waals surface area contributed by atoms with Crippen LogP contribution in [0.3, 0.4) is 0 Å². The van der Waals surface area contributed by atoms with Gasteiger partial charge in [0.15, 0.2) is 0 Å². The van der Waals surface area contributed by atoms with E-state index >= 15 is 0 Å². The smallest absolute Gasteiger partial charge is 0.259 e. The molecular weight excluding hydrogens is 325 g/mol. The van der Waals surface area contributed by atoms with Crippen LogP contribution in [0.5, 0.6) is 5.75 Å². The summed E-state index contributed by atoms with van der Waals surface area (Å²) >= 11 is 2.04. The van der Waals surface area contributed by atoms with Crippen molar-refractivity contribution in [3.63, 3.8) is 0 Å². The van der Waals surface area contributed by atoms with Gasteiger partial charge in [0.25, 0.3) is 5.92 Å². The van der Waals surface area contributed by atoms with E-state index in [2.05, 4.69) is 0 Å². The van der Waals surface area contributed by atoms with Crippen LogP contribution in [0.25, 0.3) is 0 Å². The van der Waals surface area contributed by atoms with Gasteiger partial charge in [-0.3, -0.25) is 0 Å². The van der Waals surface area contributed by atoms with Crippen LogP contribution < -0.4 is 4.74 Å². The fourth-order valence-electron chi connectivity index (χ4n) is 1.91. The summed E-state index contributed by atoms with van der Waals surface area (Å²) in [6.07, 6.45) is -0.0308. The van der Waals surface area contributed by atoms with E-state index < -0.39 is 11.3 Å². The lowest BCUT2D eigenvalue weighted by atomic mass is 9.98. The summed E-state index contributed by atoms with van der Waals surface area (Å²) in [5.41, 5.74) is -0.214. The van der Waals surface area contributed by atoms with Crippen LogP contribution in [0, 0.1) is 0 Å². The van der Waals surface area contributed by atoms with Gasteiger partial charge in [-0.25, -0.2) is 8.78 Å². The molecule has 0 N–H and O–H groups in total. The minimum atomic E-state index is -2.54. The molecule has 0 spiro atoms. The number of hydrogen-bond donors (Lipinski definition) is 0. The van der Waals surface area contributed by atoms with Crippen LogP contribution in [0.1, 0.15) is 18.9 Å². The maximum Gasteiger partial charge on any atom is 0.259 e. The van der Waals surface area contributed by atoms with Crippen molar-refractivity contribution in [1.82, 2.24) is 0 Å². The van der Waals surface area contributed by atoms with E-state index in [-0.39, 0.29) is 6.42 Å². The number of halogens is 3. The van der Waals surface area contributed by atoms with Gasteiger partial charge in [-0.2, -0.15) is 0 Å². The van der Waals surface area contributed by atoms with Crippen LogP contribution >= 0.6 is 22.6 Å². The third kappa shape index (κ3) is 1.81. The summed E-state index contributed by atoms with van der Waals surface area (Å²) in [5.74, 6) is -1.81. The Kier molecular flexibility index (Phi) is 3.11. The SMILES string of the molecule is CCOc1ccc(C2(CI)CC2(F)F)cc1. The molecule has 0 saturated heterocycles. The first kappa shape index (κ1) is 12.1. The normalized spacial score (nSPS) is 26.5. The number of ether oxygens (including phenoxy) is 1. The molecule has 0 bridgehead atoms. The molecular formula is C12H13F2IO. The van der Waals surface area contributed by atoms with E-state index in [0.29, 0.717) is 11.0 Å². The minimum absolute atomic E-state index is 0.0308. The summed E-state index contributed by atoms with van der Waals surface area (Å²) in [7, 11) is 0. The van der Waals surface area contributed by atoms with Crippen LogP contribution in [0.15, 0.2) is 24.3 Å². The minimum Gasteiger partial charge on any atom is -0.494 e. The number of rotatable bonds is 4.